The van der Waals surface area contributed by atoms with Crippen LogP contribution in [0, 0.1) is 11.7 Å². The summed E-state index contributed by atoms with van der Waals surface area (Å²) < 4.78 is 13.5. The van der Waals surface area contributed by atoms with Crippen LogP contribution >= 0.6 is 15.9 Å². The molecule has 76 valence electrons. The van der Waals surface area contributed by atoms with E-state index in [9.17, 15) is 9.18 Å². The third-order valence-corrected chi connectivity index (χ3v) is 2.34. The van der Waals surface area contributed by atoms with E-state index in [1.807, 2.05) is 0 Å². The third-order valence-electron chi connectivity index (χ3n) is 1.89. The summed E-state index contributed by atoms with van der Waals surface area (Å²) in [7, 11) is 0. The summed E-state index contributed by atoms with van der Waals surface area (Å²) in [4.78, 5) is 10.6. The lowest BCUT2D eigenvalue weighted by Gasteiger charge is -2.06. The van der Waals surface area contributed by atoms with Gasteiger partial charge in [0, 0.05) is 4.47 Å². The molecule has 2 nitrogen and oxygen atoms in total. The number of halogens is 2. The fourth-order valence-electron chi connectivity index (χ4n) is 1.17. The highest BCUT2D eigenvalue weighted by molar-refractivity contribution is 9.10. The van der Waals surface area contributed by atoms with Gasteiger partial charge in [0.05, 0.1) is 5.92 Å². The van der Waals surface area contributed by atoms with Crippen LogP contribution in [-0.2, 0) is 11.2 Å². The van der Waals surface area contributed by atoms with Crippen molar-refractivity contribution in [1.29, 1.82) is 0 Å². The zero-order chi connectivity index (χ0) is 10.7. The molecule has 1 atom stereocenters. The molecule has 0 bridgehead atoms. The molecule has 0 amide bonds. The van der Waals surface area contributed by atoms with E-state index in [0.29, 0.717) is 16.5 Å². The average Bonchev–Trinajstić information content (AvgIpc) is 2.01. The minimum Gasteiger partial charge on any atom is -0.481 e. The number of aliphatic carboxylic acids is 1. The predicted molar refractivity (Wildman–Crippen MR) is 54.6 cm³/mol. The first-order valence-electron chi connectivity index (χ1n) is 4.17. The van der Waals surface area contributed by atoms with Crippen LogP contribution in [0.25, 0.3) is 0 Å². The zero-order valence-corrected chi connectivity index (χ0v) is 9.21. The van der Waals surface area contributed by atoms with Crippen LogP contribution in [0.1, 0.15) is 12.5 Å². The van der Waals surface area contributed by atoms with Crippen LogP contribution in [0.5, 0.6) is 0 Å². The van der Waals surface area contributed by atoms with Crippen LogP contribution in [0.3, 0.4) is 0 Å². The summed E-state index contributed by atoms with van der Waals surface area (Å²) >= 11 is 3.15. The summed E-state index contributed by atoms with van der Waals surface area (Å²) in [6, 6.07) is 4.42. The van der Waals surface area contributed by atoms with E-state index in [4.69, 9.17) is 5.11 Å². The normalized spacial score (nSPS) is 12.5. The van der Waals surface area contributed by atoms with Gasteiger partial charge in [0.15, 0.2) is 0 Å². The van der Waals surface area contributed by atoms with Gasteiger partial charge in [-0.3, -0.25) is 4.79 Å². The van der Waals surface area contributed by atoms with Gasteiger partial charge < -0.3 is 5.11 Å². The summed E-state index contributed by atoms with van der Waals surface area (Å²) in [5, 5.41) is 8.68. The van der Waals surface area contributed by atoms with Crippen molar-refractivity contribution < 1.29 is 14.3 Å². The number of carboxylic acids is 1. The van der Waals surface area contributed by atoms with Gasteiger partial charge in [-0.2, -0.15) is 0 Å². The maximum atomic E-state index is 12.9. The summed E-state index contributed by atoms with van der Waals surface area (Å²) in [6.45, 7) is 1.60. The maximum absolute atomic E-state index is 12.9. The summed E-state index contributed by atoms with van der Waals surface area (Å²) in [5.41, 5.74) is 0.687. The van der Waals surface area contributed by atoms with Crippen molar-refractivity contribution in [3.8, 4) is 0 Å². The Morgan fingerprint density at radius 1 is 1.57 bits per heavy atom. The van der Waals surface area contributed by atoms with Crippen LogP contribution in [0.2, 0.25) is 0 Å². The highest BCUT2D eigenvalue weighted by atomic mass is 79.9. The molecule has 14 heavy (non-hydrogen) atoms. The second-order valence-electron chi connectivity index (χ2n) is 3.22. The van der Waals surface area contributed by atoms with Crippen LogP contribution in [-0.4, -0.2) is 11.1 Å². The van der Waals surface area contributed by atoms with Crippen molar-refractivity contribution in [1.82, 2.24) is 0 Å². The van der Waals surface area contributed by atoms with Gasteiger partial charge in [0.1, 0.15) is 5.82 Å². The average molecular weight is 261 g/mol. The molecule has 0 aromatic heterocycles. The molecule has 0 spiro atoms. The number of benzene rings is 1. The number of hydrogen-bond acceptors (Lipinski definition) is 1. The van der Waals surface area contributed by atoms with Crippen LogP contribution < -0.4 is 0 Å². The predicted octanol–water partition coefficient (Wildman–Crippen LogP) is 2.85. The fourth-order valence-corrected chi connectivity index (χ4v) is 1.68. The molecule has 1 aromatic rings. The summed E-state index contributed by atoms with van der Waals surface area (Å²) in [6.07, 6.45) is 0.339. The zero-order valence-electron chi connectivity index (χ0n) is 7.63. The molecule has 4 heteroatoms. The van der Waals surface area contributed by atoms with Crippen molar-refractivity contribution in [3.63, 3.8) is 0 Å². The molecular weight excluding hydrogens is 251 g/mol. The van der Waals surface area contributed by atoms with Crippen molar-refractivity contribution in [2.45, 2.75) is 13.3 Å². The third kappa shape index (κ3) is 3.10. The largest absolute Gasteiger partial charge is 0.481 e. The quantitative estimate of drug-likeness (QED) is 0.908. The van der Waals surface area contributed by atoms with E-state index in [-0.39, 0.29) is 5.82 Å². The van der Waals surface area contributed by atoms with E-state index in [2.05, 4.69) is 15.9 Å². The molecule has 0 aliphatic carbocycles. The lowest BCUT2D eigenvalue weighted by atomic mass is 10.0. The van der Waals surface area contributed by atoms with Gasteiger partial charge >= 0.3 is 5.97 Å². The van der Waals surface area contributed by atoms with Gasteiger partial charge in [-0.1, -0.05) is 22.9 Å². The Morgan fingerprint density at radius 3 is 2.71 bits per heavy atom. The second-order valence-corrected chi connectivity index (χ2v) is 4.14. The topological polar surface area (TPSA) is 37.3 Å². The number of rotatable bonds is 3. The Bertz CT molecular complexity index is 332. The minimum atomic E-state index is -0.870. The molecule has 1 N–H and O–H groups in total. The Morgan fingerprint density at radius 2 is 2.21 bits per heavy atom. The van der Waals surface area contributed by atoms with Crippen molar-refractivity contribution in [3.05, 3.63) is 34.1 Å². The SMILES string of the molecule is CC(Cc1cc(F)cc(Br)c1)C(=O)O. The van der Waals surface area contributed by atoms with Gasteiger partial charge in [-0.15, -0.1) is 0 Å². The molecule has 0 fully saturated rings. The van der Waals surface area contributed by atoms with Gasteiger partial charge in [-0.25, -0.2) is 4.39 Å². The fraction of sp³-hybridized carbons (Fsp3) is 0.300. The molecule has 0 heterocycles. The molecule has 0 aliphatic heterocycles. The highest BCUT2D eigenvalue weighted by Crippen LogP contribution is 2.17. The van der Waals surface area contributed by atoms with Crippen LogP contribution in [0.4, 0.5) is 4.39 Å². The van der Waals surface area contributed by atoms with Crippen molar-refractivity contribution >= 4 is 21.9 Å². The minimum absolute atomic E-state index is 0.339. The lowest BCUT2D eigenvalue weighted by Crippen LogP contribution is -2.12. The molecule has 0 aliphatic rings. The molecule has 1 rings (SSSR count). The molecule has 0 radical (unpaired) electrons. The highest BCUT2D eigenvalue weighted by Gasteiger charge is 2.12. The number of carbonyl (C=O) groups is 1. The van der Waals surface area contributed by atoms with Crippen molar-refractivity contribution in [2.75, 3.05) is 0 Å². The first-order valence-corrected chi connectivity index (χ1v) is 4.96. The number of hydrogen-bond donors (Lipinski definition) is 1. The van der Waals surface area contributed by atoms with Crippen molar-refractivity contribution in [2.24, 2.45) is 5.92 Å². The maximum Gasteiger partial charge on any atom is 0.306 e. The Labute approximate surface area is 89.9 Å². The Balaban J connectivity index is 2.81. The first-order chi connectivity index (χ1) is 6.49. The molecule has 0 saturated heterocycles. The van der Waals surface area contributed by atoms with E-state index in [0.717, 1.165) is 0 Å². The Hall–Kier alpha value is -0.900. The molecule has 1 aromatic carbocycles. The van der Waals surface area contributed by atoms with E-state index in [1.54, 1.807) is 13.0 Å². The second kappa shape index (κ2) is 4.55. The van der Waals surface area contributed by atoms with Gasteiger partial charge in [0.2, 0.25) is 0 Å². The van der Waals surface area contributed by atoms with Crippen LogP contribution in [0.15, 0.2) is 22.7 Å². The molecule has 0 saturated carbocycles. The summed E-state index contributed by atoms with van der Waals surface area (Å²) in [5.74, 6) is -1.72. The smallest absolute Gasteiger partial charge is 0.306 e. The monoisotopic (exact) mass is 260 g/mol. The van der Waals surface area contributed by atoms with Gasteiger partial charge in [0.25, 0.3) is 0 Å². The van der Waals surface area contributed by atoms with E-state index < -0.39 is 11.9 Å². The Kier molecular flexibility index (Phi) is 3.63. The van der Waals surface area contributed by atoms with E-state index >= 15 is 0 Å². The van der Waals surface area contributed by atoms with E-state index in [1.165, 1.54) is 12.1 Å². The first kappa shape index (κ1) is 11.2. The molecular formula is C10H10BrFO2. The standard InChI is InChI=1S/C10H10BrFO2/c1-6(10(13)14)2-7-3-8(11)5-9(12)4-7/h3-6H,2H2,1H3,(H,13,14). The molecule has 1 unspecified atom stereocenters. The van der Waals surface area contributed by atoms with Gasteiger partial charge in [-0.05, 0) is 30.2 Å². The number of carboxylic acid groups (broad SMARTS) is 1. The lowest BCUT2D eigenvalue weighted by molar-refractivity contribution is -0.141.